The highest BCUT2D eigenvalue weighted by Gasteiger charge is 2.37. The SMILES string of the molecule is CCOc1ccccc1N1CC(C(=O)NC2CCN(Cc3ccccc3OC)CC2)CC1=O. The maximum Gasteiger partial charge on any atom is 0.227 e. The Bertz CT molecular complexity index is 972. The Morgan fingerprint density at radius 1 is 1.06 bits per heavy atom. The highest BCUT2D eigenvalue weighted by Crippen LogP contribution is 2.33. The molecule has 7 nitrogen and oxygen atoms in total. The normalized spacial score (nSPS) is 19.5. The molecule has 0 aliphatic carbocycles. The van der Waals surface area contributed by atoms with Crippen molar-refractivity contribution in [2.45, 2.75) is 38.8 Å². The van der Waals surface area contributed by atoms with Gasteiger partial charge in [0, 0.05) is 44.2 Å². The van der Waals surface area contributed by atoms with Gasteiger partial charge in [-0.05, 0) is 38.0 Å². The van der Waals surface area contributed by atoms with Crippen LogP contribution in [0.3, 0.4) is 0 Å². The second-order valence-corrected chi connectivity index (χ2v) is 8.68. The maximum absolute atomic E-state index is 13.0. The van der Waals surface area contributed by atoms with Gasteiger partial charge in [-0.25, -0.2) is 0 Å². The summed E-state index contributed by atoms with van der Waals surface area (Å²) in [5, 5.41) is 3.20. The first-order chi connectivity index (χ1) is 16.1. The van der Waals surface area contributed by atoms with Crippen LogP contribution in [0.25, 0.3) is 0 Å². The van der Waals surface area contributed by atoms with Crippen LogP contribution >= 0.6 is 0 Å². The van der Waals surface area contributed by atoms with E-state index in [1.165, 1.54) is 5.56 Å². The second kappa shape index (κ2) is 10.7. The molecule has 0 saturated carbocycles. The first-order valence-electron chi connectivity index (χ1n) is 11.8. The third-order valence-corrected chi connectivity index (χ3v) is 6.47. The number of ether oxygens (including phenoxy) is 2. The van der Waals surface area contributed by atoms with Crippen molar-refractivity contribution in [2.75, 3.05) is 38.3 Å². The first-order valence-corrected chi connectivity index (χ1v) is 11.8. The summed E-state index contributed by atoms with van der Waals surface area (Å²) < 4.78 is 11.1. The molecule has 1 atom stereocenters. The Kier molecular flexibility index (Phi) is 7.50. The lowest BCUT2D eigenvalue weighted by molar-refractivity contribution is -0.127. The van der Waals surface area contributed by atoms with Crippen LogP contribution in [0.1, 0.15) is 31.7 Å². The molecule has 2 amide bonds. The molecule has 33 heavy (non-hydrogen) atoms. The van der Waals surface area contributed by atoms with Crippen LogP contribution in [-0.4, -0.2) is 56.1 Å². The van der Waals surface area contributed by atoms with Gasteiger partial charge in [0.25, 0.3) is 0 Å². The highest BCUT2D eigenvalue weighted by atomic mass is 16.5. The number of anilines is 1. The molecule has 0 bridgehead atoms. The number of benzene rings is 2. The van der Waals surface area contributed by atoms with Gasteiger partial charge in [0.15, 0.2) is 0 Å². The number of carbonyl (C=O) groups is 2. The van der Waals surface area contributed by atoms with Crippen LogP contribution < -0.4 is 19.7 Å². The van der Waals surface area contributed by atoms with Crippen molar-refractivity contribution in [1.82, 2.24) is 10.2 Å². The van der Waals surface area contributed by atoms with Gasteiger partial charge >= 0.3 is 0 Å². The molecule has 2 heterocycles. The number of rotatable bonds is 8. The first kappa shape index (κ1) is 23.1. The lowest BCUT2D eigenvalue weighted by atomic mass is 10.0. The quantitative estimate of drug-likeness (QED) is 0.667. The van der Waals surface area contributed by atoms with Crippen LogP contribution in [0.2, 0.25) is 0 Å². The molecular formula is C26H33N3O4. The summed E-state index contributed by atoms with van der Waals surface area (Å²) in [5.41, 5.74) is 1.92. The Hall–Kier alpha value is -3.06. The van der Waals surface area contributed by atoms with Crippen LogP contribution in [0, 0.1) is 5.92 Å². The van der Waals surface area contributed by atoms with Gasteiger partial charge in [-0.1, -0.05) is 30.3 Å². The predicted octanol–water partition coefficient (Wildman–Crippen LogP) is 3.23. The largest absolute Gasteiger partial charge is 0.496 e. The van der Waals surface area contributed by atoms with E-state index in [1.54, 1.807) is 12.0 Å². The molecule has 2 aromatic carbocycles. The Morgan fingerprint density at radius 3 is 2.48 bits per heavy atom. The zero-order valence-electron chi connectivity index (χ0n) is 19.5. The smallest absolute Gasteiger partial charge is 0.227 e. The number of piperidine rings is 1. The number of carbonyl (C=O) groups excluding carboxylic acids is 2. The van der Waals surface area contributed by atoms with Gasteiger partial charge in [-0.2, -0.15) is 0 Å². The number of hydrogen-bond donors (Lipinski definition) is 1. The van der Waals surface area contributed by atoms with Gasteiger partial charge < -0.3 is 19.7 Å². The molecule has 2 fully saturated rings. The monoisotopic (exact) mass is 451 g/mol. The molecule has 0 aromatic heterocycles. The van der Waals surface area contributed by atoms with E-state index >= 15 is 0 Å². The maximum atomic E-state index is 13.0. The van der Waals surface area contributed by atoms with Crippen molar-refractivity contribution in [3.63, 3.8) is 0 Å². The van der Waals surface area contributed by atoms with Gasteiger partial charge in [0.2, 0.25) is 11.8 Å². The lowest BCUT2D eigenvalue weighted by Crippen LogP contribution is -2.46. The summed E-state index contributed by atoms with van der Waals surface area (Å²) in [6.07, 6.45) is 2.04. The van der Waals surface area contributed by atoms with E-state index in [4.69, 9.17) is 9.47 Å². The number of methoxy groups -OCH3 is 1. The molecule has 0 radical (unpaired) electrons. The van der Waals surface area contributed by atoms with Crippen molar-refractivity contribution in [3.8, 4) is 11.5 Å². The fourth-order valence-electron chi connectivity index (χ4n) is 4.70. The van der Waals surface area contributed by atoms with E-state index in [2.05, 4.69) is 16.3 Å². The van der Waals surface area contributed by atoms with E-state index in [0.717, 1.165) is 43.9 Å². The highest BCUT2D eigenvalue weighted by molar-refractivity contribution is 6.01. The van der Waals surface area contributed by atoms with Gasteiger partial charge in [-0.15, -0.1) is 0 Å². The predicted molar refractivity (Wildman–Crippen MR) is 128 cm³/mol. The minimum absolute atomic E-state index is 0.0251. The molecule has 1 N–H and O–H groups in total. The van der Waals surface area contributed by atoms with Crippen molar-refractivity contribution >= 4 is 17.5 Å². The molecule has 1 unspecified atom stereocenters. The van der Waals surface area contributed by atoms with Crippen molar-refractivity contribution in [2.24, 2.45) is 5.92 Å². The third-order valence-electron chi connectivity index (χ3n) is 6.47. The average Bonchev–Trinajstić information content (AvgIpc) is 3.23. The van der Waals surface area contributed by atoms with Gasteiger partial charge in [0.1, 0.15) is 11.5 Å². The van der Waals surface area contributed by atoms with Crippen molar-refractivity contribution in [1.29, 1.82) is 0 Å². The molecule has 2 aliphatic heterocycles. The molecule has 7 heteroatoms. The topological polar surface area (TPSA) is 71.1 Å². The molecule has 2 aromatic rings. The van der Waals surface area contributed by atoms with Crippen LogP contribution in [0.15, 0.2) is 48.5 Å². The summed E-state index contributed by atoms with van der Waals surface area (Å²) in [7, 11) is 1.70. The number of nitrogens with zero attached hydrogens (tertiary/aromatic N) is 2. The lowest BCUT2D eigenvalue weighted by Gasteiger charge is -2.33. The van der Waals surface area contributed by atoms with Crippen LogP contribution in [0.5, 0.6) is 11.5 Å². The summed E-state index contributed by atoms with van der Waals surface area (Å²) in [6.45, 7) is 5.51. The zero-order chi connectivity index (χ0) is 23.2. The molecule has 2 saturated heterocycles. The van der Waals surface area contributed by atoms with Gasteiger partial charge in [-0.3, -0.25) is 14.5 Å². The van der Waals surface area contributed by atoms with E-state index in [0.29, 0.717) is 18.9 Å². The molecular weight excluding hydrogens is 418 g/mol. The van der Waals surface area contributed by atoms with E-state index in [1.807, 2.05) is 49.4 Å². The number of likely N-dealkylation sites (tertiary alicyclic amines) is 1. The minimum Gasteiger partial charge on any atom is -0.496 e. The number of para-hydroxylation sites is 3. The minimum atomic E-state index is -0.334. The molecule has 176 valence electrons. The Morgan fingerprint density at radius 2 is 1.76 bits per heavy atom. The molecule has 0 spiro atoms. The Labute approximate surface area is 195 Å². The second-order valence-electron chi connectivity index (χ2n) is 8.68. The summed E-state index contributed by atoms with van der Waals surface area (Å²) in [6, 6.07) is 15.8. The average molecular weight is 452 g/mol. The third kappa shape index (κ3) is 5.47. The van der Waals surface area contributed by atoms with E-state index < -0.39 is 0 Å². The molecule has 2 aliphatic rings. The standard InChI is InChI=1S/C26H33N3O4/c1-3-33-24-11-7-5-9-22(24)29-18-20(16-25(29)30)26(31)27-21-12-14-28(15-13-21)17-19-8-4-6-10-23(19)32-2/h4-11,20-21H,3,12-18H2,1-2H3,(H,27,31). The molecule has 4 rings (SSSR count). The fourth-order valence-corrected chi connectivity index (χ4v) is 4.70. The van der Waals surface area contributed by atoms with E-state index in [9.17, 15) is 9.59 Å². The number of hydrogen-bond acceptors (Lipinski definition) is 5. The zero-order valence-corrected chi connectivity index (χ0v) is 19.5. The number of nitrogens with one attached hydrogen (secondary N) is 1. The van der Waals surface area contributed by atoms with E-state index in [-0.39, 0.29) is 30.2 Å². The summed E-state index contributed by atoms with van der Waals surface area (Å²) >= 11 is 0. The number of amides is 2. The summed E-state index contributed by atoms with van der Waals surface area (Å²) in [5.74, 6) is 1.20. The van der Waals surface area contributed by atoms with Crippen LogP contribution in [0.4, 0.5) is 5.69 Å². The van der Waals surface area contributed by atoms with Gasteiger partial charge in [0.05, 0.1) is 25.3 Å². The van der Waals surface area contributed by atoms with Crippen LogP contribution in [-0.2, 0) is 16.1 Å². The Balaban J connectivity index is 1.29. The van der Waals surface area contributed by atoms with Crippen molar-refractivity contribution < 1.29 is 19.1 Å². The summed E-state index contributed by atoms with van der Waals surface area (Å²) in [4.78, 5) is 29.7. The fraction of sp³-hybridized carbons (Fsp3) is 0.462. The van der Waals surface area contributed by atoms with Crippen molar-refractivity contribution in [3.05, 3.63) is 54.1 Å².